The topological polar surface area (TPSA) is 56.3 Å². The van der Waals surface area contributed by atoms with Crippen LogP contribution in [-0.4, -0.2) is 35.8 Å². The molecule has 1 atom stereocenters. The van der Waals surface area contributed by atoms with E-state index < -0.39 is 0 Å². The molecule has 1 unspecified atom stereocenters. The van der Waals surface area contributed by atoms with E-state index in [4.69, 9.17) is 9.47 Å². The fourth-order valence-electron chi connectivity index (χ4n) is 1.86. The van der Waals surface area contributed by atoms with Gasteiger partial charge >= 0.3 is 6.01 Å². The molecule has 0 aliphatic carbocycles. The predicted molar refractivity (Wildman–Crippen MR) is 64.3 cm³/mol. The van der Waals surface area contributed by atoms with Crippen LogP contribution in [0.3, 0.4) is 0 Å². The number of rotatable bonds is 5. The molecule has 0 aromatic carbocycles. The maximum atomic E-state index is 5.57. The van der Waals surface area contributed by atoms with Gasteiger partial charge in [-0.3, -0.25) is 0 Å². The van der Waals surface area contributed by atoms with Crippen molar-refractivity contribution in [2.24, 2.45) is 0 Å². The molecule has 1 N–H and O–H groups in total. The average Bonchev–Trinajstić information content (AvgIpc) is 2.39. The smallest absolute Gasteiger partial charge is 0.319 e. The van der Waals surface area contributed by atoms with Crippen LogP contribution >= 0.6 is 0 Å². The van der Waals surface area contributed by atoms with E-state index in [0.717, 1.165) is 13.0 Å². The summed E-state index contributed by atoms with van der Waals surface area (Å²) >= 11 is 0. The Kier molecular flexibility index (Phi) is 4.55. The van der Waals surface area contributed by atoms with Crippen molar-refractivity contribution in [1.82, 2.24) is 15.3 Å². The molecule has 2 heterocycles. The van der Waals surface area contributed by atoms with E-state index in [2.05, 4.69) is 15.3 Å². The fraction of sp³-hybridized carbons (Fsp3) is 0.667. The van der Waals surface area contributed by atoms with Crippen LogP contribution in [0.25, 0.3) is 0 Å². The first kappa shape index (κ1) is 12.1. The van der Waals surface area contributed by atoms with Crippen molar-refractivity contribution in [2.75, 3.05) is 19.8 Å². The largest absolute Gasteiger partial charge is 0.478 e. The first-order valence-corrected chi connectivity index (χ1v) is 6.20. The third kappa shape index (κ3) is 3.85. The Labute approximate surface area is 102 Å². The number of aromatic nitrogens is 2. The average molecular weight is 237 g/mol. The minimum Gasteiger partial charge on any atom is -0.478 e. The Balaban J connectivity index is 1.83. The summed E-state index contributed by atoms with van der Waals surface area (Å²) in [5.74, 6) is 0.564. The molecule has 17 heavy (non-hydrogen) atoms. The highest BCUT2D eigenvalue weighted by atomic mass is 16.5. The molecule has 5 heteroatoms. The molecule has 1 aromatic rings. The number of piperidine rings is 1. The normalized spacial score (nSPS) is 19.9. The van der Waals surface area contributed by atoms with E-state index in [1.54, 1.807) is 12.3 Å². The van der Waals surface area contributed by atoms with Crippen LogP contribution in [0.2, 0.25) is 0 Å². The van der Waals surface area contributed by atoms with E-state index in [-0.39, 0.29) is 0 Å². The Morgan fingerprint density at radius 2 is 2.35 bits per heavy atom. The molecule has 94 valence electrons. The molecule has 5 nitrogen and oxygen atoms in total. The molecule has 2 rings (SSSR count). The second kappa shape index (κ2) is 6.39. The van der Waals surface area contributed by atoms with Gasteiger partial charge in [-0.2, -0.15) is 4.98 Å². The Bertz CT molecular complexity index is 340. The summed E-state index contributed by atoms with van der Waals surface area (Å²) in [5.41, 5.74) is 0. The van der Waals surface area contributed by atoms with Crippen molar-refractivity contribution in [2.45, 2.75) is 32.2 Å². The van der Waals surface area contributed by atoms with Crippen molar-refractivity contribution in [1.29, 1.82) is 0 Å². The Hall–Kier alpha value is -1.36. The molecule has 0 bridgehead atoms. The minimum atomic E-state index is 0.392. The summed E-state index contributed by atoms with van der Waals surface area (Å²) in [6.45, 7) is 4.22. The van der Waals surface area contributed by atoms with Crippen LogP contribution in [0.15, 0.2) is 12.3 Å². The lowest BCUT2D eigenvalue weighted by atomic mass is 10.1. The van der Waals surface area contributed by atoms with E-state index >= 15 is 0 Å². The first-order chi connectivity index (χ1) is 8.38. The monoisotopic (exact) mass is 237 g/mol. The molecule has 1 aliphatic rings. The zero-order valence-electron chi connectivity index (χ0n) is 10.2. The van der Waals surface area contributed by atoms with Crippen molar-refractivity contribution in [3.63, 3.8) is 0 Å². The number of hydrogen-bond donors (Lipinski definition) is 1. The summed E-state index contributed by atoms with van der Waals surface area (Å²) in [7, 11) is 0. The van der Waals surface area contributed by atoms with Crippen molar-refractivity contribution >= 4 is 0 Å². The maximum absolute atomic E-state index is 5.57. The molecular formula is C12H19N3O2. The molecule has 0 spiro atoms. The zero-order valence-corrected chi connectivity index (χ0v) is 10.2. The minimum absolute atomic E-state index is 0.392. The van der Waals surface area contributed by atoms with Gasteiger partial charge in [-0.05, 0) is 26.3 Å². The third-order valence-corrected chi connectivity index (χ3v) is 2.73. The summed E-state index contributed by atoms with van der Waals surface area (Å²) in [5, 5.41) is 3.42. The molecule has 1 aromatic heterocycles. The van der Waals surface area contributed by atoms with Crippen LogP contribution in [0, 0.1) is 0 Å². The molecule has 1 aliphatic heterocycles. The van der Waals surface area contributed by atoms with Crippen molar-refractivity contribution in [3.05, 3.63) is 12.3 Å². The molecule has 0 saturated carbocycles. The number of ether oxygens (including phenoxy) is 2. The van der Waals surface area contributed by atoms with Gasteiger partial charge in [0.15, 0.2) is 0 Å². The zero-order chi connectivity index (χ0) is 11.9. The second-order valence-electron chi connectivity index (χ2n) is 4.07. The molecule has 1 fully saturated rings. The van der Waals surface area contributed by atoms with Gasteiger partial charge in [0.25, 0.3) is 0 Å². The van der Waals surface area contributed by atoms with Gasteiger partial charge in [0.05, 0.1) is 6.61 Å². The summed E-state index contributed by atoms with van der Waals surface area (Å²) in [6, 6.07) is 2.54. The summed E-state index contributed by atoms with van der Waals surface area (Å²) in [6.07, 6.45) is 5.33. The quantitative estimate of drug-likeness (QED) is 0.838. The van der Waals surface area contributed by atoms with Gasteiger partial charge in [0, 0.05) is 18.3 Å². The SMILES string of the molecule is CCOc1ccnc(OCC2CCCCN2)n1. The summed E-state index contributed by atoms with van der Waals surface area (Å²) in [4.78, 5) is 8.23. The molecule has 0 amide bonds. The number of nitrogens with zero attached hydrogens (tertiary/aromatic N) is 2. The van der Waals surface area contributed by atoms with Gasteiger partial charge in [-0.15, -0.1) is 0 Å². The lowest BCUT2D eigenvalue weighted by Crippen LogP contribution is -2.38. The van der Waals surface area contributed by atoms with Crippen LogP contribution in [0.4, 0.5) is 0 Å². The highest BCUT2D eigenvalue weighted by Gasteiger charge is 2.13. The number of hydrogen-bond acceptors (Lipinski definition) is 5. The van der Waals surface area contributed by atoms with Crippen molar-refractivity contribution < 1.29 is 9.47 Å². The summed E-state index contributed by atoms with van der Waals surface area (Å²) < 4.78 is 10.9. The van der Waals surface area contributed by atoms with E-state index in [1.165, 1.54) is 12.8 Å². The lowest BCUT2D eigenvalue weighted by molar-refractivity contribution is 0.220. The first-order valence-electron chi connectivity index (χ1n) is 6.20. The van der Waals surface area contributed by atoms with Crippen LogP contribution < -0.4 is 14.8 Å². The Morgan fingerprint density at radius 3 is 3.12 bits per heavy atom. The lowest BCUT2D eigenvalue weighted by Gasteiger charge is -2.22. The van der Waals surface area contributed by atoms with E-state index in [1.807, 2.05) is 6.92 Å². The van der Waals surface area contributed by atoms with Gasteiger partial charge in [0.1, 0.15) is 6.61 Å². The molecule has 0 radical (unpaired) electrons. The third-order valence-electron chi connectivity index (χ3n) is 2.73. The highest BCUT2D eigenvalue weighted by molar-refractivity contribution is 5.11. The van der Waals surface area contributed by atoms with Crippen molar-refractivity contribution in [3.8, 4) is 11.9 Å². The van der Waals surface area contributed by atoms with Crippen LogP contribution in [0.1, 0.15) is 26.2 Å². The van der Waals surface area contributed by atoms with Gasteiger partial charge < -0.3 is 14.8 Å². The Morgan fingerprint density at radius 1 is 1.41 bits per heavy atom. The van der Waals surface area contributed by atoms with E-state index in [9.17, 15) is 0 Å². The van der Waals surface area contributed by atoms with Gasteiger partial charge in [-0.1, -0.05) is 6.42 Å². The van der Waals surface area contributed by atoms with E-state index in [0.29, 0.717) is 31.1 Å². The van der Waals surface area contributed by atoms with Crippen LogP contribution in [0.5, 0.6) is 11.9 Å². The second-order valence-corrected chi connectivity index (χ2v) is 4.07. The molecular weight excluding hydrogens is 218 g/mol. The predicted octanol–water partition coefficient (Wildman–Crippen LogP) is 1.40. The van der Waals surface area contributed by atoms with Crippen LogP contribution in [-0.2, 0) is 0 Å². The van der Waals surface area contributed by atoms with Gasteiger partial charge in [0.2, 0.25) is 5.88 Å². The number of nitrogens with one attached hydrogen (secondary N) is 1. The molecule has 1 saturated heterocycles. The van der Waals surface area contributed by atoms with Gasteiger partial charge in [-0.25, -0.2) is 4.98 Å². The highest BCUT2D eigenvalue weighted by Crippen LogP contribution is 2.12. The maximum Gasteiger partial charge on any atom is 0.319 e. The standard InChI is InChI=1S/C12H19N3O2/c1-2-16-11-6-8-14-12(15-11)17-9-10-5-3-4-7-13-10/h6,8,10,13H,2-5,7,9H2,1H3. The fourth-order valence-corrected chi connectivity index (χ4v) is 1.86.